The summed E-state index contributed by atoms with van der Waals surface area (Å²) < 4.78 is 28.0. The number of benzene rings is 3. The van der Waals surface area contributed by atoms with Crippen molar-refractivity contribution in [2.45, 2.75) is 32.4 Å². The third kappa shape index (κ3) is 8.80. The Balaban J connectivity index is 1.92. The Labute approximate surface area is 230 Å². The lowest BCUT2D eigenvalue weighted by Crippen LogP contribution is -2.51. The fraction of sp³-hybridized carbons (Fsp3) is 0.267. The molecule has 3 N–H and O–H groups in total. The molecule has 0 aliphatic rings. The zero-order chi connectivity index (χ0) is 28.3. The third-order valence-corrected chi connectivity index (χ3v) is 7.72. The zero-order valence-corrected chi connectivity index (χ0v) is 22.9. The maximum absolute atomic E-state index is 13.8. The van der Waals surface area contributed by atoms with Crippen molar-refractivity contribution in [3.05, 3.63) is 108 Å². The highest BCUT2D eigenvalue weighted by Crippen LogP contribution is 2.27. The minimum absolute atomic E-state index is 0.0129. The number of anilines is 1. The molecule has 0 saturated heterocycles. The number of hydroxylamine groups is 1. The van der Waals surface area contributed by atoms with Crippen LogP contribution in [0.2, 0.25) is 0 Å². The summed E-state index contributed by atoms with van der Waals surface area (Å²) in [6.07, 6.45) is 4.07. The van der Waals surface area contributed by atoms with Gasteiger partial charge in [-0.3, -0.25) is 20.2 Å². The van der Waals surface area contributed by atoms with Gasteiger partial charge in [-0.15, -0.1) is 0 Å². The number of rotatable bonds is 13. The highest BCUT2D eigenvalue weighted by Gasteiger charge is 2.36. The number of amides is 2. The minimum Gasteiger partial charge on any atom is -0.289 e. The molecule has 0 spiro atoms. The Morgan fingerprint density at radius 1 is 0.846 bits per heavy atom. The van der Waals surface area contributed by atoms with E-state index in [1.54, 1.807) is 72.2 Å². The molecule has 9 heteroatoms. The summed E-state index contributed by atoms with van der Waals surface area (Å²) in [4.78, 5) is 26.5. The number of hydrogen-bond donors (Lipinski definition) is 3. The molecular weight excluding hydrogens is 514 g/mol. The van der Waals surface area contributed by atoms with Gasteiger partial charge in [0.25, 0.3) is 10.0 Å². The van der Waals surface area contributed by atoms with Gasteiger partial charge in [-0.1, -0.05) is 105 Å². The Hall–Kier alpha value is -3.95. The van der Waals surface area contributed by atoms with Gasteiger partial charge in [0.05, 0.1) is 23.3 Å². The van der Waals surface area contributed by atoms with Crippen LogP contribution in [0.4, 0.5) is 5.69 Å². The number of allylic oxidation sites excluding steroid dienone is 1. The number of sulfonamides is 1. The summed E-state index contributed by atoms with van der Waals surface area (Å²) >= 11 is 0. The quantitative estimate of drug-likeness (QED) is 0.206. The van der Waals surface area contributed by atoms with Crippen LogP contribution >= 0.6 is 0 Å². The second kappa shape index (κ2) is 14.3. The van der Waals surface area contributed by atoms with Crippen molar-refractivity contribution in [3.8, 4) is 0 Å². The predicted octanol–water partition coefficient (Wildman–Crippen LogP) is 4.94. The molecule has 8 nitrogen and oxygen atoms in total. The summed E-state index contributed by atoms with van der Waals surface area (Å²) in [5.74, 6) is -3.53. The molecule has 0 aromatic heterocycles. The summed E-state index contributed by atoms with van der Waals surface area (Å²) in [5.41, 5.74) is 6.02. The van der Waals surface area contributed by atoms with E-state index in [0.29, 0.717) is 12.0 Å². The monoisotopic (exact) mass is 549 g/mol. The fourth-order valence-electron chi connectivity index (χ4n) is 4.30. The molecule has 0 heterocycles. The highest BCUT2D eigenvalue weighted by molar-refractivity contribution is 7.92. The van der Waals surface area contributed by atoms with E-state index in [2.05, 4.69) is 5.43 Å². The van der Waals surface area contributed by atoms with Crippen molar-refractivity contribution in [1.82, 2.24) is 10.9 Å². The first-order valence-electron chi connectivity index (χ1n) is 12.8. The smallest absolute Gasteiger partial charge is 0.256 e. The lowest BCUT2D eigenvalue weighted by atomic mass is 9.82. The molecule has 0 aliphatic carbocycles. The molecule has 39 heavy (non-hydrogen) atoms. The number of nitrogens with one attached hydrogen (secondary N) is 2. The van der Waals surface area contributed by atoms with Crippen molar-refractivity contribution in [2.24, 2.45) is 17.8 Å². The molecule has 206 valence electrons. The van der Waals surface area contributed by atoms with Crippen LogP contribution in [0.1, 0.15) is 37.8 Å². The van der Waals surface area contributed by atoms with Gasteiger partial charge in [0.1, 0.15) is 0 Å². The number of carbonyl (C=O) groups excluding carboxylic acids is 2. The normalized spacial score (nSPS) is 13.1. The second-order valence-corrected chi connectivity index (χ2v) is 11.5. The van der Waals surface area contributed by atoms with Gasteiger partial charge in [-0.25, -0.2) is 13.9 Å². The van der Waals surface area contributed by atoms with E-state index in [1.165, 1.54) is 0 Å². The highest BCUT2D eigenvalue weighted by atomic mass is 32.2. The van der Waals surface area contributed by atoms with Gasteiger partial charge in [0, 0.05) is 0 Å². The number of para-hydroxylation sites is 1. The van der Waals surface area contributed by atoms with E-state index in [-0.39, 0.29) is 23.8 Å². The second-order valence-electron chi connectivity index (χ2n) is 9.69. The molecular formula is C30H35N3O5S. The summed E-state index contributed by atoms with van der Waals surface area (Å²) in [6, 6.07) is 26.4. The standard InChI is InChI=1S/C30H35N3O5S/c1-23(2)21-28(27(30(35)32-36)20-12-17-24-13-6-3-7-14-24)29(34)31-33(26-18-10-5-11-19-26)39(37,38)22-25-15-8-4-9-16-25/h3-19,23,27-28,36H,20-22H2,1-2H3,(H,31,34)(H,32,35)/t27-,28+/m0/s1. The van der Waals surface area contributed by atoms with Crippen LogP contribution in [-0.4, -0.2) is 25.4 Å². The van der Waals surface area contributed by atoms with Gasteiger partial charge >= 0.3 is 0 Å². The van der Waals surface area contributed by atoms with E-state index >= 15 is 0 Å². The van der Waals surface area contributed by atoms with Crippen LogP contribution in [0.25, 0.3) is 6.08 Å². The Bertz CT molecular complexity index is 1330. The number of nitrogens with zero attached hydrogens (tertiary/aromatic N) is 1. The first-order valence-corrected chi connectivity index (χ1v) is 14.4. The van der Waals surface area contributed by atoms with Crippen LogP contribution in [-0.2, 0) is 25.4 Å². The minimum atomic E-state index is -4.05. The van der Waals surface area contributed by atoms with Crippen LogP contribution < -0.4 is 15.3 Å². The van der Waals surface area contributed by atoms with E-state index in [0.717, 1.165) is 9.98 Å². The van der Waals surface area contributed by atoms with Crippen LogP contribution in [0.5, 0.6) is 0 Å². The first-order chi connectivity index (χ1) is 18.7. The van der Waals surface area contributed by atoms with Gasteiger partial charge in [0.15, 0.2) is 0 Å². The van der Waals surface area contributed by atoms with Gasteiger partial charge < -0.3 is 0 Å². The van der Waals surface area contributed by atoms with Gasteiger partial charge in [0.2, 0.25) is 11.8 Å². The van der Waals surface area contributed by atoms with E-state index < -0.39 is 33.7 Å². The van der Waals surface area contributed by atoms with Crippen molar-refractivity contribution in [2.75, 3.05) is 4.41 Å². The van der Waals surface area contributed by atoms with Crippen molar-refractivity contribution in [1.29, 1.82) is 0 Å². The number of hydrogen-bond acceptors (Lipinski definition) is 5. The first kappa shape index (κ1) is 29.6. The van der Waals surface area contributed by atoms with Crippen molar-refractivity contribution in [3.63, 3.8) is 0 Å². The van der Waals surface area contributed by atoms with Gasteiger partial charge in [-0.05, 0) is 42.0 Å². The topological polar surface area (TPSA) is 116 Å². The Morgan fingerprint density at radius 2 is 1.41 bits per heavy atom. The lowest BCUT2D eigenvalue weighted by molar-refractivity contribution is -0.140. The molecule has 3 aromatic rings. The van der Waals surface area contributed by atoms with Gasteiger partial charge in [-0.2, -0.15) is 4.41 Å². The largest absolute Gasteiger partial charge is 0.289 e. The molecule has 0 saturated carbocycles. The predicted molar refractivity (Wildman–Crippen MR) is 153 cm³/mol. The van der Waals surface area contributed by atoms with Crippen molar-refractivity contribution < 1.29 is 23.2 Å². The Kier molecular flexibility index (Phi) is 10.8. The molecule has 0 fully saturated rings. The molecule has 0 bridgehead atoms. The summed E-state index contributed by atoms with van der Waals surface area (Å²) in [7, 11) is -4.05. The molecule has 2 atom stereocenters. The molecule has 3 rings (SSSR count). The van der Waals surface area contributed by atoms with Crippen molar-refractivity contribution >= 4 is 33.6 Å². The Morgan fingerprint density at radius 3 is 1.97 bits per heavy atom. The van der Waals surface area contributed by atoms with Crippen LogP contribution in [0.3, 0.4) is 0 Å². The molecule has 2 amide bonds. The molecule has 3 aromatic carbocycles. The lowest BCUT2D eigenvalue weighted by Gasteiger charge is -2.30. The maximum Gasteiger partial charge on any atom is 0.256 e. The number of hydrazine groups is 1. The SMILES string of the molecule is CC(C)C[C@@H](C(=O)NN(c1ccccc1)S(=O)(=O)Cc1ccccc1)[C@H](CC=Cc1ccccc1)C(=O)NO. The van der Waals surface area contributed by atoms with E-state index in [9.17, 15) is 23.2 Å². The summed E-state index contributed by atoms with van der Waals surface area (Å²) in [5, 5.41) is 9.48. The summed E-state index contributed by atoms with van der Waals surface area (Å²) in [6.45, 7) is 3.82. The molecule has 0 aliphatic heterocycles. The number of carbonyl (C=O) groups is 2. The zero-order valence-electron chi connectivity index (χ0n) is 22.1. The third-order valence-electron chi connectivity index (χ3n) is 6.17. The molecule has 0 unspecified atom stereocenters. The molecule has 0 radical (unpaired) electrons. The average molecular weight is 550 g/mol. The van der Waals surface area contributed by atoms with E-state index in [4.69, 9.17) is 0 Å². The van der Waals surface area contributed by atoms with Crippen LogP contribution in [0, 0.1) is 17.8 Å². The van der Waals surface area contributed by atoms with Crippen LogP contribution in [0.15, 0.2) is 97.1 Å². The fourth-order valence-corrected chi connectivity index (χ4v) is 5.72. The van der Waals surface area contributed by atoms with E-state index in [1.807, 2.05) is 50.3 Å². The average Bonchev–Trinajstić information content (AvgIpc) is 2.93. The maximum atomic E-state index is 13.8.